The van der Waals surface area contributed by atoms with Crippen LogP contribution in [0.3, 0.4) is 0 Å². The Morgan fingerprint density at radius 1 is 1.43 bits per heavy atom. The molecule has 0 unspecified atom stereocenters. The number of nitrogens with one attached hydrogen (secondary N) is 1. The number of phenols is 1. The van der Waals surface area contributed by atoms with E-state index in [2.05, 4.69) is 23.6 Å². The number of rotatable bonds is 4. The first-order chi connectivity index (χ1) is 10.7. The molecule has 0 aromatic heterocycles. The zero-order valence-corrected chi connectivity index (χ0v) is 14.9. The van der Waals surface area contributed by atoms with Gasteiger partial charge in [-0.15, -0.1) is 0 Å². The fraction of sp³-hybridized carbons (Fsp3) is 0.647. The van der Waals surface area contributed by atoms with Crippen LogP contribution in [-0.2, 0) is 21.9 Å². The second-order valence-electron chi connectivity index (χ2n) is 7.20. The van der Waals surface area contributed by atoms with Crippen molar-refractivity contribution in [1.82, 2.24) is 9.62 Å². The molecule has 1 heterocycles. The van der Waals surface area contributed by atoms with Crippen LogP contribution in [0.2, 0.25) is 0 Å². The van der Waals surface area contributed by atoms with Crippen molar-refractivity contribution in [2.75, 3.05) is 26.4 Å². The summed E-state index contributed by atoms with van der Waals surface area (Å²) in [4.78, 5) is 2.42. The maximum absolute atomic E-state index is 11.4. The molecule has 1 aliphatic carbocycles. The zero-order chi connectivity index (χ0) is 16.8. The summed E-state index contributed by atoms with van der Waals surface area (Å²) in [5.74, 6) is 0.723. The fourth-order valence-electron chi connectivity index (χ4n) is 4.61. The van der Waals surface area contributed by atoms with Gasteiger partial charge in [0.2, 0.25) is 10.0 Å². The van der Waals surface area contributed by atoms with E-state index >= 15 is 0 Å². The smallest absolute Gasteiger partial charge is 0.208 e. The molecule has 2 bridgehead atoms. The van der Waals surface area contributed by atoms with Crippen LogP contribution >= 0.6 is 0 Å². The second kappa shape index (κ2) is 5.76. The van der Waals surface area contributed by atoms with E-state index in [9.17, 15) is 13.5 Å². The predicted molar refractivity (Wildman–Crippen MR) is 91.2 cm³/mol. The minimum Gasteiger partial charge on any atom is -0.508 e. The summed E-state index contributed by atoms with van der Waals surface area (Å²) < 4.78 is 25.5. The van der Waals surface area contributed by atoms with Crippen LogP contribution in [0.25, 0.3) is 0 Å². The van der Waals surface area contributed by atoms with Gasteiger partial charge in [-0.2, -0.15) is 0 Å². The molecule has 2 aliphatic rings. The van der Waals surface area contributed by atoms with Crippen molar-refractivity contribution in [2.24, 2.45) is 5.92 Å². The average Bonchev–Trinajstić information content (AvgIpc) is 2.45. The highest BCUT2D eigenvalue weighted by atomic mass is 32.2. The highest BCUT2D eigenvalue weighted by Crippen LogP contribution is 2.51. The van der Waals surface area contributed by atoms with Crippen molar-refractivity contribution in [3.8, 4) is 5.75 Å². The highest BCUT2D eigenvalue weighted by molar-refractivity contribution is 7.88. The number of hydrogen-bond acceptors (Lipinski definition) is 4. The van der Waals surface area contributed by atoms with Gasteiger partial charge in [0.25, 0.3) is 0 Å². The van der Waals surface area contributed by atoms with E-state index in [0.717, 1.165) is 25.8 Å². The van der Waals surface area contributed by atoms with Crippen LogP contribution in [0.15, 0.2) is 18.2 Å². The van der Waals surface area contributed by atoms with Gasteiger partial charge in [0.15, 0.2) is 0 Å². The van der Waals surface area contributed by atoms with E-state index in [-0.39, 0.29) is 5.41 Å². The molecule has 6 heteroatoms. The Kier molecular flexibility index (Phi) is 4.19. The summed E-state index contributed by atoms with van der Waals surface area (Å²) in [6.45, 7) is 3.71. The van der Waals surface area contributed by atoms with Crippen LogP contribution in [0, 0.1) is 5.92 Å². The van der Waals surface area contributed by atoms with Gasteiger partial charge < -0.3 is 10.0 Å². The molecule has 0 amide bonds. The minimum atomic E-state index is -3.18. The monoisotopic (exact) mass is 338 g/mol. The molecule has 1 aromatic carbocycles. The molecule has 2 N–H and O–H groups in total. The number of sulfonamides is 1. The Balaban J connectivity index is 1.99. The molecular formula is C17H26N2O3S. The lowest BCUT2D eigenvalue weighted by molar-refractivity contribution is 0.0367. The molecule has 3 atom stereocenters. The van der Waals surface area contributed by atoms with Crippen molar-refractivity contribution in [3.63, 3.8) is 0 Å². The van der Waals surface area contributed by atoms with Crippen LogP contribution in [0.4, 0.5) is 0 Å². The van der Waals surface area contributed by atoms with Gasteiger partial charge in [0.05, 0.1) is 6.26 Å². The van der Waals surface area contributed by atoms with Crippen molar-refractivity contribution < 1.29 is 13.5 Å². The number of hydrogen-bond donors (Lipinski definition) is 2. The van der Waals surface area contributed by atoms with Gasteiger partial charge in [0.1, 0.15) is 5.75 Å². The first-order valence-electron chi connectivity index (χ1n) is 8.20. The quantitative estimate of drug-likeness (QED) is 0.872. The molecule has 1 saturated heterocycles. The number of aromatic hydroxyl groups is 1. The molecular weight excluding hydrogens is 312 g/mol. The van der Waals surface area contributed by atoms with E-state index in [1.807, 2.05) is 12.1 Å². The van der Waals surface area contributed by atoms with E-state index < -0.39 is 10.0 Å². The lowest BCUT2D eigenvalue weighted by Crippen LogP contribution is -2.58. The van der Waals surface area contributed by atoms with Crippen LogP contribution in [0.5, 0.6) is 5.75 Å². The van der Waals surface area contributed by atoms with Gasteiger partial charge in [-0.1, -0.05) is 13.0 Å². The number of nitrogens with zero attached hydrogens (tertiary/aromatic N) is 1. The maximum Gasteiger partial charge on any atom is 0.208 e. The second-order valence-corrected chi connectivity index (χ2v) is 9.04. The predicted octanol–water partition coefficient (Wildman–Crippen LogP) is 1.47. The third-order valence-electron chi connectivity index (χ3n) is 5.92. The molecule has 5 nitrogen and oxygen atoms in total. The Morgan fingerprint density at radius 2 is 2.17 bits per heavy atom. The van der Waals surface area contributed by atoms with Gasteiger partial charge in [-0.25, -0.2) is 13.1 Å². The van der Waals surface area contributed by atoms with E-state index in [1.165, 1.54) is 17.4 Å². The highest BCUT2D eigenvalue weighted by Gasteiger charge is 2.50. The summed E-state index contributed by atoms with van der Waals surface area (Å²) in [6, 6.07) is 6.15. The number of likely N-dealkylation sites (N-methyl/N-ethyl adjacent to an activating group) is 1. The van der Waals surface area contributed by atoms with E-state index in [0.29, 0.717) is 24.3 Å². The molecule has 1 aromatic rings. The molecule has 0 radical (unpaired) electrons. The minimum absolute atomic E-state index is 0.0683. The normalized spacial score (nSPS) is 30.9. The standard InChI is InChI=1S/C17H26N2O3S/c1-12-16-10-13-4-5-14(20)11-15(13)17(12,7-9-19(16)2)6-8-18-23(3,21)22/h4-5,11-12,16,18,20H,6-10H2,1-3H3/t12-,16+,17+/m0/s1. The largest absolute Gasteiger partial charge is 0.508 e. The van der Waals surface area contributed by atoms with Gasteiger partial charge in [-0.05, 0) is 62.0 Å². The summed E-state index contributed by atoms with van der Waals surface area (Å²) >= 11 is 0. The molecule has 3 rings (SSSR count). The molecule has 23 heavy (non-hydrogen) atoms. The molecule has 1 aliphatic heterocycles. The van der Waals surface area contributed by atoms with Crippen molar-refractivity contribution >= 4 is 10.0 Å². The third-order valence-corrected chi connectivity index (χ3v) is 6.65. The number of phenolic OH excluding ortho intramolecular Hbond substituents is 1. The molecule has 128 valence electrons. The molecule has 0 saturated carbocycles. The average molecular weight is 338 g/mol. The van der Waals surface area contributed by atoms with Crippen LogP contribution in [-0.4, -0.2) is 50.9 Å². The van der Waals surface area contributed by atoms with Crippen LogP contribution < -0.4 is 4.72 Å². The lowest BCUT2D eigenvalue weighted by Gasteiger charge is -2.55. The molecule has 1 fully saturated rings. The lowest BCUT2D eigenvalue weighted by atomic mass is 9.56. The summed E-state index contributed by atoms with van der Waals surface area (Å²) in [5.41, 5.74) is 2.43. The Hall–Kier alpha value is -1.11. The van der Waals surface area contributed by atoms with E-state index in [4.69, 9.17) is 0 Å². The van der Waals surface area contributed by atoms with Crippen LogP contribution in [0.1, 0.15) is 30.9 Å². The Labute approximate surface area is 138 Å². The Morgan fingerprint density at radius 3 is 2.87 bits per heavy atom. The third kappa shape index (κ3) is 2.99. The SMILES string of the molecule is C[C@H]1[C@H]2Cc3ccc(O)cc3[C@]1(CCNS(C)(=O)=O)CCN2C. The number of fused-ring (bicyclic) bond motifs is 4. The van der Waals surface area contributed by atoms with E-state index in [1.54, 1.807) is 6.07 Å². The molecule has 0 spiro atoms. The first-order valence-corrected chi connectivity index (χ1v) is 10.1. The maximum atomic E-state index is 11.4. The van der Waals surface area contributed by atoms with Crippen molar-refractivity contribution in [1.29, 1.82) is 0 Å². The number of piperidine rings is 1. The fourth-order valence-corrected chi connectivity index (χ4v) is 5.08. The van der Waals surface area contributed by atoms with Gasteiger partial charge in [-0.3, -0.25) is 0 Å². The summed E-state index contributed by atoms with van der Waals surface area (Å²) in [5, 5.41) is 9.97. The van der Waals surface area contributed by atoms with Crippen molar-refractivity contribution in [3.05, 3.63) is 29.3 Å². The van der Waals surface area contributed by atoms with Crippen molar-refractivity contribution in [2.45, 2.75) is 37.6 Å². The zero-order valence-electron chi connectivity index (χ0n) is 14.0. The van der Waals surface area contributed by atoms with Gasteiger partial charge >= 0.3 is 0 Å². The first kappa shape index (κ1) is 16.7. The number of benzene rings is 1. The summed E-state index contributed by atoms with van der Waals surface area (Å²) in [7, 11) is -1.01. The summed E-state index contributed by atoms with van der Waals surface area (Å²) in [6.07, 6.45) is 3.95. The topological polar surface area (TPSA) is 69.6 Å². The Bertz CT molecular complexity index is 704. The number of likely N-dealkylation sites (tertiary alicyclic amines) is 1. The van der Waals surface area contributed by atoms with Gasteiger partial charge in [0, 0.05) is 18.0 Å².